The summed E-state index contributed by atoms with van der Waals surface area (Å²) in [5.74, 6) is -0.0995. The van der Waals surface area contributed by atoms with Gasteiger partial charge in [0, 0.05) is 19.9 Å². The summed E-state index contributed by atoms with van der Waals surface area (Å²) < 4.78 is 0. The lowest BCUT2D eigenvalue weighted by Gasteiger charge is -2.19. The fourth-order valence-corrected chi connectivity index (χ4v) is 0.865. The zero-order valence-corrected chi connectivity index (χ0v) is 6.61. The van der Waals surface area contributed by atoms with Crippen molar-refractivity contribution >= 4 is 24.2 Å². The molecule has 0 aromatic carbocycles. The molecule has 1 fully saturated rings. The third-order valence-corrected chi connectivity index (χ3v) is 1.53. The second-order valence-corrected chi connectivity index (χ2v) is 2.20. The smallest absolute Gasteiger partial charge is 0.228 e. The second-order valence-electron chi connectivity index (χ2n) is 2.20. The minimum atomic E-state index is -0.0498. The molecule has 0 atom stereocenters. The molecule has 1 heterocycles. The van der Waals surface area contributed by atoms with E-state index in [9.17, 15) is 9.59 Å². The van der Waals surface area contributed by atoms with Crippen LogP contribution in [-0.2, 0) is 9.59 Å². The molecule has 0 aliphatic carbocycles. The van der Waals surface area contributed by atoms with Crippen LogP contribution in [-0.4, -0.2) is 23.8 Å². The molecule has 1 saturated heterocycles. The molecule has 58 valence electrons. The number of carbonyl (C=O) groups excluding carboxylic acids is 2. The Morgan fingerprint density at radius 2 is 1.60 bits per heavy atom. The number of rotatable bonds is 0. The van der Waals surface area contributed by atoms with Crippen LogP contribution in [0.2, 0.25) is 0 Å². The lowest BCUT2D eigenvalue weighted by Crippen LogP contribution is -2.36. The van der Waals surface area contributed by atoms with Gasteiger partial charge >= 0.3 is 0 Å². The molecule has 0 saturated carbocycles. The average Bonchev–Trinajstić information content (AvgIpc) is 1.83. The van der Waals surface area contributed by atoms with Crippen molar-refractivity contribution in [3.05, 3.63) is 0 Å². The first-order valence-corrected chi connectivity index (χ1v) is 3.01. The number of amides is 2. The second kappa shape index (κ2) is 3.56. The van der Waals surface area contributed by atoms with Crippen LogP contribution in [0.4, 0.5) is 0 Å². The first kappa shape index (κ1) is 9.43. The summed E-state index contributed by atoms with van der Waals surface area (Å²) in [5.41, 5.74) is 0. The number of halogens is 1. The van der Waals surface area contributed by atoms with Crippen molar-refractivity contribution in [1.29, 1.82) is 0 Å². The number of likely N-dealkylation sites (tertiary alicyclic amines) is 1. The van der Waals surface area contributed by atoms with E-state index in [-0.39, 0.29) is 24.2 Å². The molecular weight excluding hydrogens is 154 g/mol. The summed E-state index contributed by atoms with van der Waals surface area (Å²) in [6, 6.07) is 0. The molecule has 3 nitrogen and oxygen atoms in total. The van der Waals surface area contributed by atoms with E-state index < -0.39 is 0 Å². The Kier molecular flexibility index (Phi) is 3.36. The molecule has 0 unspecified atom stereocenters. The standard InChI is InChI=1S/C6H9NO2.ClH/c1-7-5(8)3-2-4-6(7)9;/h2-4H2,1H3;1H. The molecule has 1 aliphatic heterocycles. The summed E-state index contributed by atoms with van der Waals surface area (Å²) in [6.45, 7) is 0. The molecule has 0 radical (unpaired) electrons. The average molecular weight is 164 g/mol. The van der Waals surface area contributed by atoms with E-state index in [4.69, 9.17) is 0 Å². The molecule has 2 amide bonds. The molecule has 0 bridgehead atoms. The van der Waals surface area contributed by atoms with Crippen molar-refractivity contribution in [3.63, 3.8) is 0 Å². The highest BCUT2D eigenvalue weighted by Gasteiger charge is 2.20. The van der Waals surface area contributed by atoms with Gasteiger partial charge in [-0.15, -0.1) is 12.4 Å². The van der Waals surface area contributed by atoms with Crippen molar-refractivity contribution in [1.82, 2.24) is 4.90 Å². The topological polar surface area (TPSA) is 37.4 Å². The summed E-state index contributed by atoms with van der Waals surface area (Å²) in [4.78, 5) is 22.6. The normalized spacial score (nSPS) is 18.7. The predicted octanol–water partition coefficient (Wildman–Crippen LogP) is 0.577. The number of piperidine rings is 1. The van der Waals surface area contributed by atoms with Crippen molar-refractivity contribution < 1.29 is 9.59 Å². The van der Waals surface area contributed by atoms with E-state index in [0.29, 0.717) is 12.8 Å². The van der Waals surface area contributed by atoms with E-state index in [0.717, 1.165) is 6.42 Å². The van der Waals surface area contributed by atoms with Crippen LogP contribution in [0.15, 0.2) is 0 Å². The van der Waals surface area contributed by atoms with Crippen molar-refractivity contribution in [3.8, 4) is 0 Å². The SMILES string of the molecule is CN1C(=O)CCCC1=O.Cl. The first-order valence-electron chi connectivity index (χ1n) is 3.01. The molecule has 0 N–H and O–H groups in total. The van der Waals surface area contributed by atoms with Crippen LogP contribution in [0.25, 0.3) is 0 Å². The maximum atomic E-state index is 10.7. The summed E-state index contributed by atoms with van der Waals surface area (Å²) >= 11 is 0. The van der Waals surface area contributed by atoms with E-state index >= 15 is 0 Å². The lowest BCUT2D eigenvalue weighted by molar-refractivity contribution is -0.146. The molecule has 4 heteroatoms. The fraction of sp³-hybridized carbons (Fsp3) is 0.667. The Morgan fingerprint density at radius 3 is 1.90 bits per heavy atom. The number of nitrogens with zero attached hydrogens (tertiary/aromatic N) is 1. The van der Waals surface area contributed by atoms with Crippen LogP contribution in [0, 0.1) is 0 Å². The van der Waals surface area contributed by atoms with Crippen LogP contribution in [0.5, 0.6) is 0 Å². The predicted molar refractivity (Wildman–Crippen MR) is 38.9 cm³/mol. The van der Waals surface area contributed by atoms with Crippen LogP contribution in [0.3, 0.4) is 0 Å². The Hall–Kier alpha value is -0.570. The summed E-state index contributed by atoms with van der Waals surface area (Å²) in [7, 11) is 1.53. The van der Waals surface area contributed by atoms with Gasteiger partial charge in [-0.25, -0.2) is 0 Å². The molecule has 0 aromatic heterocycles. The molecular formula is C6H10ClNO2. The van der Waals surface area contributed by atoms with Gasteiger partial charge in [0.05, 0.1) is 0 Å². The van der Waals surface area contributed by atoms with Gasteiger partial charge in [-0.05, 0) is 6.42 Å². The molecule has 1 rings (SSSR count). The summed E-state index contributed by atoms with van der Waals surface area (Å²) in [6.07, 6.45) is 1.78. The number of hydrogen-bond donors (Lipinski definition) is 0. The van der Waals surface area contributed by atoms with Gasteiger partial charge in [0.25, 0.3) is 0 Å². The highest BCUT2D eigenvalue weighted by atomic mass is 35.5. The number of imide groups is 1. The van der Waals surface area contributed by atoms with Gasteiger partial charge in [-0.1, -0.05) is 0 Å². The van der Waals surface area contributed by atoms with Gasteiger partial charge in [-0.2, -0.15) is 0 Å². The molecule has 0 aromatic rings. The van der Waals surface area contributed by atoms with Crippen molar-refractivity contribution in [2.45, 2.75) is 19.3 Å². The van der Waals surface area contributed by atoms with E-state index in [1.54, 1.807) is 0 Å². The third-order valence-electron chi connectivity index (χ3n) is 1.53. The largest absolute Gasteiger partial charge is 0.286 e. The van der Waals surface area contributed by atoms with Gasteiger partial charge in [0.15, 0.2) is 0 Å². The Balaban J connectivity index is 0.000000810. The first-order chi connectivity index (χ1) is 4.22. The maximum Gasteiger partial charge on any atom is 0.228 e. The lowest BCUT2D eigenvalue weighted by atomic mass is 10.1. The van der Waals surface area contributed by atoms with E-state index in [2.05, 4.69) is 0 Å². The zero-order valence-electron chi connectivity index (χ0n) is 5.79. The van der Waals surface area contributed by atoms with E-state index in [1.165, 1.54) is 11.9 Å². The number of carbonyl (C=O) groups is 2. The van der Waals surface area contributed by atoms with Crippen molar-refractivity contribution in [2.75, 3.05) is 7.05 Å². The van der Waals surface area contributed by atoms with E-state index in [1.807, 2.05) is 0 Å². The minimum absolute atomic E-state index is 0. The zero-order chi connectivity index (χ0) is 6.85. The monoisotopic (exact) mass is 163 g/mol. The highest BCUT2D eigenvalue weighted by molar-refractivity contribution is 5.97. The third kappa shape index (κ3) is 1.70. The molecule has 1 aliphatic rings. The fourth-order valence-electron chi connectivity index (χ4n) is 0.865. The van der Waals surface area contributed by atoms with Gasteiger partial charge in [0.1, 0.15) is 0 Å². The quantitative estimate of drug-likeness (QED) is 0.490. The van der Waals surface area contributed by atoms with Gasteiger partial charge in [0.2, 0.25) is 11.8 Å². The van der Waals surface area contributed by atoms with Crippen LogP contribution in [0.1, 0.15) is 19.3 Å². The van der Waals surface area contributed by atoms with Crippen molar-refractivity contribution in [2.24, 2.45) is 0 Å². The van der Waals surface area contributed by atoms with Crippen LogP contribution < -0.4 is 0 Å². The number of hydrogen-bond acceptors (Lipinski definition) is 2. The van der Waals surface area contributed by atoms with Crippen LogP contribution >= 0.6 is 12.4 Å². The minimum Gasteiger partial charge on any atom is -0.286 e. The molecule has 10 heavy (non-hydrogen) atoms. The highest BCUT2D eigenvalue weighted by Crippen LogP contribution is 2.08. The summed E-state index contributed by atoms with van der Waals surface area (Å²) in [5, 5.41) is 0. The Morgan fingerprint density at radius 1 is 1.20 bits per heavy atom. The molecule has 0 spiro atoms. The Labute approximate surface area is 65.8 Å². The Bertz CT molecular complexity index is 142. The van der Waals surface area contributed by atoms with Gasteiger partial charge < -0.3 is 0 Å². The maximum absolute atomic E-state index is 10.7. The van der Waals surface area contributed by atoms with Gasteiger partial charge in [-0.3, -0.25) is 14.5 Å².